The lowest BCUT2D eigenvalue weighted by Gasteiger charge is -2.08. The molecule has 0 aliphatic rings. The van der Waals surface area contributed by atoms with Crippen LogP contribution >= 0.6 is 11.5 Å². The number of aryl methyl sites for hydroxylation is 2. The summed E-state index contributed by atoms with van der Waals surface area (Å²) in [5, 5.41) is 7.05. The van der Waals surface area contributed by atoms with Gasteiger partial charge in [0.05, 0.1) is 39.5 Å². The second kappa shape index (κ2) is 6.60. The molecule has 7 heteroatoms. The van der Waals surface area contributed by atoms with E-state index in [0.717, 1.165) is 33.0 Å². The summed E-state index contributed by atoms with van der Waals surface area (Å²) in [7, 11) is 0. The molecule has 0 radical (unpaired) electrons. The highest BCUT2D eigenvalue weighted by atomic mass is 32.1. The Morgan fingerprint density at radius 3 is 2.58 bits per heavy atom. The summed E-state index contributed by atoms with van der Waals surface area (Å²) >= 11 is 1.32. The van der Waals surface area contributed by atoms with E-state index in [2.05, 4.69) is 38.7 Å². The lowest BCUT2D eigenvalue weighted by Crippen LogP contribution is -2.23. The number of fused-ring (bicyclic) bond motifs is 1. The van der Waals surface area contributed by atoms with E-state index >= 15 is 0 Å². The maximum Gasteiger partial charge on any atom is 0.251 e. The predicted molar refractivity (Wildman–Crippen MR) is 94.2 cm³/mol. The van der Waals surface area contributed by atoms with Crippen molar-refractivity contribution in [1.82, 2.24) is 24.9 Å². The summed E-state index contributed by atoms with van der Waals surface area (Å²) in [6.07, 6.45) is 0. The van der Waals surface area contributed by atoms with Crippen molar-refractivity contribution >= 4 is 28.5 Å². The molecule has 0 spiro atoms. The average molecular weight is 341 g/mol. The minimum Gasteiger partial charge on any atom is -0.347 e. The van der Waals surface area contributed by atoms with Gasteiger partial charge in [-0.3, -0.25) is 4.79 Å². The van der Waals surface area contributed by atoms with Gasteiger partial charge >= 0.3 is 0 Å². The van der Waals surface area contributed by atoms with Gasteiger partial charge in [-0.15, -0.1) is 5.10 Å². The number of benzene rings is 1. The van der Waals surface area contributed by atoms with Gasteiger partial charge in [-0.25, -0.2) is 9.97 Å². The highest BCUT2D eigenvalue weighted by Crippen LogP contribution is 2.20. The first-order valence-corrected chi connectivity index (χ1v) is 8.57. The minimum atomic E-state index is -0.139. The molecule has 0 aliphatic heterocycles. The van der Waals surface area contributed by atoms with Crippen molar-refractivity contribution in [3.8, 4) is 0 Å². The predicted octanol–water partition coefficient (Wildman–Crippen LogP) is 3.15. The van der Waals surface area contributed by atoms with E-state index in [0.29, 0.717) is 12.1 Å². The van der Waals surface area contributed by atoms with Crippen LogP contribution in [0.2, 0.25) is 0 Å². The number of nitrogens with zero attached hydrogens (tertiary/aromatic N) is 4. The zero-order valence-corrected chi connectivity index (χ0v) is 14.9. The molecule has 1 aromatic carbocycles. The summed E-state index contributed by atoms with van der Waals surface area (Å²) in [6.45, 7) is 8.40. The number of carbonyl (C=O) groups is 1. The summed E-state index contributed by atoms with van der Waals surface area (Å²) < 4.78 is 3.98. The van der Waals surface area contributed by atoms with Crippen molar-refractivity contribution in [1.29, 1.82) is 0 Å². The van der Waals surface area contributed by atoms with Gasteiger partial charge in [-0.1, -0.05) is 18.3 Å². The Morgan fingerprint density at radius 1 is 1.17 bits per heavy atom. The third kappa shape index (κ3) is 3.26. The van der Waals surface area contributed by atoms with Crippen molar-refractivity contribution in [2.24, 2.45) is 0 Å². The van der Waals surface area contributed by atoms with Crippen LogP contribution < -0.4 is 5.32 Å². The topological polar surface area (TPSA) is 80.7 Å². The van der Waals surface area contributed by atoms with E-state index in [4.69, 9.17) is 0 Å². The molecule has 3 aromatic rings. The Kier molecular flexibility index (Phi) is 4.53. The van der Waals surface area contributed by atoms with Gasteiger partial charge in [0.25, 0.3) is 5.91 Å². The number of carbonyl (C=O) groups excluding carboxylic acids is 1. The first-order valence-electron chi connectivity index (χ1n) is 7.80. The van der Waals surface area contributed by atoms with Gasteiger partial charge in [0.1, 0.15) is 0 Å². The van der Waals surface area contributed by atoms with Gasteiger partial charge in [0, 0.05) is 5.56 Å². The van der Waals surface area contributed by atoms with Crippen LogP contribution in [-0.4, -0.2) is 25.5 Å². The molecule has 24 heavy (non-hydrogen) atoms. The van der Waals surface area contributed by atoms with Crippen LogP contribution in [0.1, 0.15) is 52.1 Å². The van der Waals surface area contributed by atoms with E-state index < -0.39 is 0 Å². The third-order valence-corrected chi connectivity index (χ3v) is 4.62. The Hall–Kier alpha value is -2.41. The number of nitrogens with one attached hydrogen (secondary N) is 1. The van der Waals surface area contributed by atoms with E-state index in [-0.39, 0.29) is 11.8 Å². The highest BCUT2D eigenvalue weighted by molar-refractivity contribution is 7.05. The fraction of sp³-hybridized carbons (Fsp3) is 0.353. The highest BCUT2D eigenvalue weighted by Gasteiger charge is 2.14. The average Bonchev–Trinajstić information content (AvgIpc) is 3.02. The van der Waals surface area contributed by atoms with Crippen LogP contribution in [0.4, 0.5) is 0 Å². The monoisotopic (exact) mass is 341 g/mol. The molecular weight excluding hydrogens is 322 g/mol. The smallest absolute Gasteiger partial charge is 0.251 e. The molecule has 6 nitrogen and oxygen atoms in total. The third-order valence-electron chi connectivity index (χ3n) is 3.88. The summed E-state index contributed by atoms with van der Waals surface area (Å²) in [6, 6.07) is 5.38. The molecule has 1 N–H and O–H groups in total. The summed E-state index contributed by atoms with van der Waals surface area (Å²) in [4.78, 5) is 22.4. The zero-order chi connectivity index (χ0) is 17.3. The Balaban J connectivity index is 1.78. The van der Waals surface area contributed by atoms with Crippen LogP contribution in [0.3, 0.4) is 0 Å². The van der Waals surface area contributed by atoms with Crippen LogP contribution in [0.25, 0.3) is 11.0 Å². The van der Waals surface area contributed by atoms with Crippen molar-refractivity contribution in [3.63, 3.8) is 0 Å². The number of rotatable bonds is 4. The van der Waals surface area contributed by atoms with Crippen molar-refractivity contribution < 1.29 is 4.79 Å². The molecule has 3 rings (SSSR count). The van der Waals surface area contributed by atoms with Crippen molar-refractivity contribution in [2.45, 2.75) is 40.2 Å². The minimum absolute atomic E-state index is 0.139. The number of amides is 1. The van der Waals surface area contributed by atoms with E-state index in [1.54, 1.807) is 12.1 Å². The van der Waals surface area contributed by atoms with E-state index in [9.17, 15) is 4.79 Å². The lowest BCUT2D eigenvalue weighted by atomic mass is 10.1. The molecule has 0 fully saturated rings. The fourth-order valence-electron chi connectivity index (χ4n) is 2.41. The first-order chi connectivity index (χ1) is 11.5. The Labute approximate surface area is 144 Å². The van der Waals surface area contributed by atoms with Gasteiger partial charge in [0.15, 0.2) is 0 Å². The molecule has 0 atom stereocenters. The molecule has 0 saturated carbocycles. The largest absolute Gasteiger partial charge is 0.347 e. The lowest BCUT2D eigenvalue weighted by molar-refractivity contribution is 0.0951. The fourth-order valence-corrected chi connectivity index (χ4v) is 3.15. The normalized spacial score (nSPS) is 11.2. The Morgan fingerprint density at radius 2 is 1.88 bits per heavy atom. The Bertz CT molecular complexity index is 903. The maximum atomic E-state index is 12.4. The number of aromatic nitrogens is 4. The number of hydrogen-bond donors (Lipinski definition) is 1. The zero-order valence-electron chi connectivity index (χ0n) is 14.1. The molecule has 2 heterocycles. The molecule has 0 aliphatic carbocycles. The molecule has 0 bridgehead atoms. The van der Waals surface area contributed by atoms with Crippen LogP contribution in [0.15, 0.2) is 18.2 Å². The molecule has 2 aromatic heterocycles. The SMILES string of the molecule is Cc1nc2ccc(C(=O)NCc3snnc3C(C)C)cc2nc1C. The van der Waals surface area contributed by atoms with Crippen molar-refractivity contribution in [3.05, 3.63) is 45.7 Å². The second-order valence-electron chi connectivity index (χ2n) is 6.02. The first kappa shape index (κ1) is 16.4. The van der Waals surface area contributed by atoms with Gasteiger partial charge in [-0.2, -0.15) is 0 Å². The summed E-state index contributed by atoms with van der Waals surface area (Å²) in [5.41, 5.74) is 4.81. The molecule has 0 saturated heterocycles. The van der Waals surface area contributed by atoms with Crippen LogP contribution in [-0.2, 0) is 6.54 Å². The van der Waals surface area contributed by atoms with Crippen molar-refractivity contribution in [2.75, 3.05) is 0 Å². The van der Waals surface area contributed by atoms with Gasteiger partial charge < -0.3 is 5.32 Å². The van der Waals surface area contributed by atoms with Gasteiger partial charge in [0.2, 0.25) is 0 Å². The number of hydrogen-bond acceptors (Lipinski definition) is 6. The molecule has 0 unspecified atom stereocenters. The quantitative estimate of drug-likeness (QED) is 0.788. The standard InChI is InChI=1S/C17H19N5OS/c1-9(2)16-15(24-22-21-16)8-18-17(23)12-5-6-13-14(7-12)20-11(4)10(3)19-13/h5-7,9H,8H2,1-4H3,(H,18,23). The second-order valence-corrected chi connectivity index (χ2v) is 6.86. The molecular formula is C17H19N5OS. The van der Waals surface area contributed by atoms with E-state index in [1.807, 2.05) is 19.9 Å². The van der Waals surface area contributed by atoms with E-state index in [1.165, 1.54) is 11.5 Å². The van der Waals surface area contributed by atoms with Crippen LogP contribution in [0, 0.1) is 13.8 Å². The molecule has 124 valence electrons. The van der Waals surface area contributed by atoms with Gasteiger partial charge in [-0.05, 0) is 49.5 Å². The molecule has 1 amide bonds. The maximum absolute atomic E-state index is 12.4. The summed E-state index contributed by atoms with van der Waals surface area (Å²) in [5.74, 6) is 0.151. The van der Waals surface area contributed by atoms with Crippen LogP contribution in [0.5, 0.6) is 0 Å².